The van der Waals surface area contributed by atoms with E-state index in [2.05, 4.69) is 10.0 Å². The number of hydrogen-bond donors (Lipinski definition) is 2. The van der Waals surface area contributed by atoms with Gasteiger partial charge in [-0.2, -0.15) is 13.2 Å². The maximum Gasteiger partial charge on any atom is 0.393 e. The van der Waals surface area contributed by atoms with E-state index in [1.807, 2.05) is 0 Å². The minimum Gasteiger partial charge on any atom is -0.316 e. The van der Waals surface area contributed by atoms with Gasteiger partial charge < -0.3 is 5.32 Å². The zero-order valence-electron chi connectivity index (χ0n) is 12.4. The van der Waals surface area contributed by atoms with Crippen LogP contribution in [0.1, 0.15) is 18.4 Å². The number of hydrogen-bond acceptors (Lipinski definition) is 3. The monoisotopic (exact) mass is 372 g/mol. The Balaban J connectivity index is 0.00000264. The Morgan fingerprint density at radius 1 is 1.22 bits per heavy atom. The molecule has 4 nitrogen and oxygen atoms in total. The molecule has 0 saturated carbocycles. The molecule has 1 aromatic rings. The normalized spacial score (nSPS) is 19.2. The highest BCUT2D eigenvalue weighted by Gasteiger charge is 2.27. The molecule has 1 aliphatic rings. The number of rotatable bonds is 5. The molecule has 23 heavy (non-hydrogen) atoms. The quantitative estimate of drug-likeness (QED) is 0.835. The minimum atomic E-state index is -4.30. The van der Waals surface area contributed by atoms with Gasteiger partial charge in [-0.25, -0.2) is 13.1 Å². The number of benzene rings is 1. The predicted molar refractivity (Wildman–Crippen MR) is 84.2 cm³/mol. The van der Waals surface area contributed by atoms with E-state index in [-0.39, 0.29) is 28.8 Å². The maximum absolute atomic E-state index is 12.3. The molecule has 1 aliphatic heterocycles. The highest BCUT2D eigenvalue weighted by Crippen LogP contribution is 2.22. The number of nitrogens with one attached hydrogen (secondary N) is 2. The molecule has 1 atom stereocenters. The lowest BCUT2D eigenvalue weighted by molar-refractivity contribution is -0.127. The first-order valence-corrected chi connectivity index (χ1v) is 8.61. The molecule has 1 saturated heterocycles. The second kappa shape index (κ2) is 8.32. The summed E-state index contributed by atoms with van der Waals surface area (Å²) in [5.41, 5.74) is 0.0444. The molecule has 0 aliphatic carbocycles. The maximum atomic E-state index is 12.3. The lowest BCUT2D eigenvalue weighted by atomic mass is 10.0. The molecule has 0 bridgehead atoms. The van der Waals surface area contributed by atoms with Crippen molar-refractivity contribution in [2.75, 3.05) is 19.6 Å². The summed E-state index contributed by atoms with van der Waals surface area (Å²) in [6, 6.07) is 4.82. The molecule has 1 fully saturated rings. The van der Waals surface area contributed by atoms with Crippen LogP contribution >= 0.6 is 12.4 Å². The summed E-state index contributed by atoms with van der Waals surface area (Å²) in [6.07, 6.45) is -3.39. The first-order chi connectivity index (χ1) is 10.3. The van der Waals surface area contributed by atoms with E-state index in [0.717, 1.165) is 25.9 Å². The van der Waals surface area contributed by atoms with Gasteiger partial charge in [0, 0.05) is 6.54 Å². The van der Waals surface area contributed by atoms with Gasteiger partial charge in [-0.05, 0) is 49.5 Å². The van der Waals surface area contributed by atoms with Crippen molar-refractivity contribution in [3.63, 3.8) is 0 Å². The fourth-order valence-corrected chi connectivity index (χ4v) is 3.54. The lowest BCUT2D eigenvalue weighted by Crippen LogP contribution is -2.38. The van der Waals surface area contributed by atoms with Gasteiger partial charge in [-0.3, -0.25) is 0 Å². The summed E-state index contributed by atoms with van der Waals surface area (Å²) in [6.45, 7) is 2.05. The van der Waals surface area contributed by atoms with E-state index in [1.165, 1.54) is 24.3 Å². The van der Waals surface area contributed by atoms with Gasteiger partial charge in [-0.1, -0.05) is 12.1 Å². The molecular formula is C14H20ClF3N2O2S. The van der Waals surface area contributed by atoms with Crippen LogP contribution in [0.25, 0.3) is 0 Å². The molecular weight excluding hydrogens is 353 g/mol. The number of halogens is 4. The van der Waals surface area contributed by atoms with Crippen LogP contribution in [-0.2, 0) is 16.4 Å². The summed E-state index contributed by atoms with van der Waals surface area (Å²) >= 11 is 0. The SMILES string of the molecule is Cl.O=S(=O)(NCC1CCCNC1)c1ccc(CC(F)(F)F)cc1. The molecule has 0 aromatic heterocycles. The van der Waals surface area contributed by atoms with Gasteiger partial charge >= 0.3 is 6.18 Å². The summed E-state index contributed by atoms with van der Waals surface area (Å²) in [7, 11) is -3.68. The van der Waals surface area contributed by atoms with E-state index >= 15 is 0 Å². The number of piperidine rings is 1. The minimum absolute atomic E-state index is 0. The molecule has 0 amide bonds. The van der Waals surface area contributed by atoms with Crippen LogP contribution < -0.4 is 10.0 Å². The molecule has 2 rings (SSSR count). The van der Waals surface area contributed by atoms with Gasteiger partial charge in [0.15, 0.2) is 0 Å². The fraction of sp³-hybridized carbons (Fsp3) is 0.571. The van der Waals surface area contributed by atoms with E-state index in [9.17, 15) is 21.6 Å². The molecule has 132 valence electrons. The topological polar surface area (TPSA) is 58.2 Å². The van der Waals surface area contributed by atoms with Crippen LogP contribution in [0.5, 0.6) is 0 Å². The predicted octanol–water partition coefficient (Wildman–Crippen LogP) is 2.49. The van der Waals surface area contributed by atoms with Crippen molar-refractivity contribution in [1.82, 2.24) is 10.0 Å². The smallest absolute Gasteiger partial charge is 0.316 e. The van der Waals surface area contributed by atoms with Crippen molar-refractivity contribution in [3.8, 4) is 0 Å². The van der Waals surface area contributed by atoms with E-state index in [1.54, 1.807) is 0 Å². The Bertz CT molecular complexity index is 585. The summed E-state index contributed by atoms with van der Waals surface area (Å²) in [5.74, 6) is 0.244. The van der Waals surface area contributed by atoms with Crippen LogP contribution in [0.15, 0.2) is 29.2 Å². The molecule has 0 radical (unpaired) electrons. The Kier molecular flexibility index (Phi) is 7.31. The highest BCUT2D eigenvalue weighted by atomic mass is 35.5. The number of sulfonamides is 1. The molecule has 0 spiro atoms. The van der Waals surface area contributed by atoms with Crippen LogP contribution in [0.2, 0.25) is 0 Å². The van der Waals surface area contributed by atoms with Crippen LogP contribution in [0, 0.1) is 5.92 Å². The third-order valence-electron chi connectivity index (χ3n) is 3.60. The van der Waals surface area contributed by atoms with E-state index in [0.29, 0.717) is 6.54 Å². The average molecular weight is 373 g/mol. The zero-order chi connectivity index (χ0) is 16.2. The molecule has 1 unspecified atom stereocenters. The van der Waals surface area contributed by atoms with Gasteiger partial charge in [-0.15, -0.1) is 12.4 Å². The van der Waals surface area contributed by atoms with Gasteiger partial charge in [0.2, 0.25) is 10.0 Å². The third kappa shape index (κ3) is 6.66. The molecule has 9 heteroatoms. The Hall–Kier alpha value is -0.830. The Morgan fingerprint density at radius 3 is 2.39 bits per heavy atom. The first-order valence-electron chi connectivity index (χ1n) is 7.12. The van der Waals surface area contributed by atoms with Crippen LogP contribution in [0.4, 0.5) is 13.2 Å². The van der Waals surface area contributed by atoms with Crippen LogP contribution in [-0.4, -0.2) is 34.2 Å². The molecule has 2 N–H and O–H groups in total. The van der Waals surface area contributed by atoms with Crippen molar-refractivity contribution < 1.29 is 21.6 Å². The van der Waals surface area contributed by atoms with Crippen LogP contribution in [0.3, 0.4) is 0 Å². The third-order valence-corrected chi connectivity index (χ3v) is 5.04. The average Bonchev–Trinajstić information content (AvgIpc) is 2.45. The summed E-state index contributed by atoms with van der Waals surface area (Å²) < 4.78 is 63.6. The van der Waals surface area contributed by atoms with Crippen molar-refractivity contribution in [2.24, 2.45) is 5.92 Å². The van der Waals surface area contributed by atoms with Crippen molar-refractivity contribution in [3.05, 3.63) is 29.8 Å². The largest absolute Gasteiger partial charge is 0.393 e. The Labute approximate surface area is 140 Å². The van der Waals surface area contributed by atoms with Crippen molar-refractivity contribution >= 4 is 22.4 Å². The van der Waals surface area contributed by atoms with Crippen molar-refractivity contribution in [1.29, 1.82) is 0 Å². The molecule has 1 aromatic carbocycles. The van der Waals surface area contributed by atoms with Gasteiger partial charge in [0.25, 0.3) is 0 Å². The van der Waals surface area contributed by atoms with Crippen molar-refractivity contribution in [2.45, 2.75) is 30.3 Å². The Morgan fingerprint density at radius 2 is 1.87 bits per heavy atom. The van der Waals surface area contributed by atoms with Gasteiger partial charge in [0.1, 0.15) is 0 Å². The fourth-order valence-electron chi connectivity index (χ4n) is 2.43. The van der Waals surface area contributed by atoms with E-state index in [4.69, 9.17) is 0 Å². The summed E-state index contributed by atoms with van der Waals surface area (Å²) in [4.78, 5) is -0.0119. The summed E-state index contributed by atoms with van der Waals surface area (Å²) in [5, 5.41) is 3.20. The second-order valence-corrected chi connectivity index (χ2v) is 7.27. The zero-order valence-corrected chi connectivity index (χ0v) is 14.0. The number of alkyl halides is 3. The highest BCUT2D eigenvalue weighted by molar-refractivity contribution is 7.89. The van der Waals surface area contributed by atoms with E-state index < -0.39 is 22.6 Å². The second-order valence-electron chi connectivity index (χ2n) is 5.50. The molecule has 1 heterocycles. The first kappa shape index (κ1) is 20.2. The van der Waals surface area contributed by atoms with Gasteiger partial charge in [0.05, 0.1) is 11.3 Å². The standard InChI is InChI=1S/C14H19F3N2O2S.ClH/c15-14(16,17)8-11-3-5-13(6-4-11)22(20,21)19-10-12-2-1-7-18-9-12;/h3-6,12,18-19H,1-2,7-10H2;1H. The lowest BCUT2D eigenvalue weighted by Gasteiger charge is -2.22.